The molecule has 25 heavy (non-hydrogen) atoms. The van der Waals surface area contributed by atoms with Crippen LogP contribution >= 0.6 is 0 Å². The van der Waals surface area contributed by atoms with E-state index in [4.69, 9.17) is 0 Å². The lowest BCUT2D eigenvalue weighted by Crippen LogP contribution is -2.41. The van der Waals surface area contributed by atoms with Crippen LogP contribution in [-0.2, 0) is 0 Å². The summed E-state index contributed by atoms with van der Waals surface area (Å²) in [5.41, 5.74) is 3.11. The molecule has 2 saturated carbocycles. The largest absolute Gasteiger partial charge is 0.349 e. The lowest BCUT2D eigenvalue weighted by atomic mass is 9.69. The van der Waals surface area contributed by atoms with Crippen LogP contribution in [0.3, 0.4) is 0 Å². The second kappa shape index (κ2) is 7.43. The molecule has 130 valence electrons. The highest BCUT2D eigenvalue weighted by Gasteiger charge is 2.32. The fraction of sp³-hybridized carbons (Fsp3) is 0.435. The number of benzene rings is 2. The van der Waals surface area contributed by atoms with Gasteiger partial charge in [0.25, 0.3) is 5.91 Å². The number of hydrogen-bond donors (Lipinski definition) is 1. The van der Waals surface area contributed by atoms with E-state index in [0.717, 1.165) is 29.4 Å². The standard InChI is InChI=1S/C23H27NO/c25-23(24-22-15-14-18-8-4-5-9-21(18)16-22)20-12-10-19(11-13-20)17-6-2-1-3-7-17/h1-3,6-7,10-13,18,21-22H,4-5,8-9,14-16H2,(H,24,25)/t18-,21+,22+/m1/s1. The minimum Gasteiger partial charge on any atom is -0.349 e. The Morgan fingerprint density at radius 3 is 2.20 bits per heavy atom. The molecular weight excluding hydrogens is 306 g/mol. The minimum absolute atomic E-state index is 0.0823. The van der Waals surface area contributed by atoms with Crippen molar-refractivity contribution in [3.8, 4) is 11.1 Å². The summed E-state index contributed by atoms with van der Waals surface area (Å²) >= 11 is 0. The zero-order valence-electron chi connectivity index (χ0n) is 14.8. The first-order valence-electron chi connectivity index (χ1n) is 9.76. The summed E-state index contributed by atoms with van der Waals surface area (Å²) in [4.78, 5) is 12.6. The molecule has 0 spiro atoms. The number of carbonyl (C=O) groups is 1. The Balaban J connectivity index is 1.38. The Morgan fingerprint density at radius 1 is 0.760 bits per heavy atom. The van der Waals surface area contributed by atoms with Crippen molar-refractivity contribution in [1.82, 2.24) is 5.32 Å². The van der Waals surface area contributed by atoms with E-state index in [0.29, 0.717) is 6.04 Å². The van der Waals surface area contributed by atoms with Crippen LogP contribution in [0.25, 0.3) is 11.1 Å². The van der Waals surface area contributed by atoms with Crippen molar-refractivity contribution in [3.63, 3.8) is 0 Å². The van der Waals surface area contributed by atoms with Crippen LogP contribution in [-0.4, -0.2) is 11.9 Å². The Kier molecular flexibility index (Phi) is 4.87. The summed E-state index contributed by atoms with van der Waals surface area (Å²) in [5, 5.41) is 3.29. The van der Waals surface area contributed by atoms with Crippen molar-refractivity contribution in [2.24, 2.45) is 11.8 Å². The molecule has 0 aliphatic heterocycles. The fourth-order valence-electron chi connectivity index (χ4n) is 4.72. The van der Waals surface area contributed by atoms with Crippen LogP contribution in [0.1, 0.15) is 55.3 Å². The number of amides is 1. The molecule has 2 aromatic rings. The fourth-order valence-corrected chi connectivity index (χ4v) is 4.72. The quantitative estimate of drug-likeness (QED) is 0.796. The molecule has 2 aliphatic rings. The lowest BCUT2D eigenvalue weighted by Gasteiger charge is -2.39. The van der Waals surface area contributed by atoms with Gasteiger partial charge in [-0.2, -0.15) is 0 Å². The van der Waals surface area contributed by atoms with E-state index in [1.165, 1.54) is 44.1 Å². The molecule has 2 aliphatic carbocycles. The highest BCUT2D eigenvalue weighted by molar-refractivity contribution is 5.94. The predicted molar refractivity (Wildman–Crippen MR) is 102 cm³/mol. The van der Waals surface area contributed by atoms with Gasteiger partial charge in [-0.15, -0.1) is 0 Å². The third-order valence-electron chi connectivity index (χ3n) is 6.13. The van der Waals surface area contributed by atoms with E-state index >= 15 is 0 Å². The van der Waals surface area contributed by atoms with Crippen molar-refractivity contribution in [3.05, 3.63) is 60.2 Å². The molecule has 0 radical (unpaired) electrons. The number of hydrogen-bond acceptors (Lipinski definition) is 1. The van der Waals surface area contributed by atoms with Gasteiger partial charge >= 0.3 is 0 Å². The number of rotatable bonds is 3. The highest BCUT2D eigenvalue weighted by Crippen LogP contribution is 2.40. The highest BCUT2D eigenvalue weighted by atomic mass is 16.1. The molecule has 1 N–H and O–H groups in total. The molecule has 2 fully saturated rings. The summed E-state index contributed by atoms with van der Waals surface area (Å²) in [5.74, 6) is 1.85. The maximum atomic E-state index is 12.6. The molecule has 3 atom stereocenters. The number of nitrogens with one attached hydrogen (secondary N) is 1. The molecule has 0 bridgehead atoms. The SMILES string of the molecule is O=C(N[C@H]1CC[C@H]2CCCC[C@H]2C1)c1ccc(-c2ccccc2)cc1. The maximum Gasteiger partial charge on any atom is 0.251 e. The monoisotopic (exact) mass is 333 g/mol. The molecule has 0 aromatic heterocycles. The average molecular weight is 333 g/mol. The van der Waals surface area contributed by atoms with Crippen molar-refractivity contribution < 1.29 is 4.79 Å². The lowest BCUT2D eigenvalue weighted by molar-refractivity contribution is 0.0879. The third kappa shape index (κ3) is 3.78. The summed E-state index contributed by atoms with van der Waals surface area (Å²) in [6.07, 6.45) is 9.18. The van der Waals surface area contributed by atoms with Crippen LogP contribution < -0.4 is 5.32 Å². The zero-order valence-corrected chi connectivity index (χ0v) is 14.8. The molecule has 4 rings (SSSR count). The second-order valence-corrected chi connectivity index (χ2v) is 7.73. The average Bonchev–Trinajstić information content (AvgIpc) is 2.69. The maximum absolute atomic E-state index is 12.6. The number of fused-ring (bicyclic) bond motifs is 1. The van der Waals surface area contributed by atoms with Crippen molar-refractivity contribution in [1.29, 1.82) is 0 Å². The van der Waals surface area contributed by atoms with Gasteiger partial charge in [-0.3, -0.25) is 4.79 Å². The van der Waals surface area contributed by atoms with Crippen LogP contribution in [0.5, 0.6) is 0 Å². The van der Waals surface area contributed by atoms with Gasteiger partial charge in [-0.1, -0.05) is 68.1 Å². The van der Waals surface area contributed by atoms with Crippen LogP contribution in [0.15, 0.2) is 54.6 Å². The minimum atomic E-state index is 0.0823. The van der Waals surface area contributed by atoms with Gasteiger partial charge in [0.05, 0.1) is 0 Å². The first-order valence-corrected chi connectivity index (χ1v) is 9.76. The molecular formula is C23H27NO. The molecule has 0 saturated heterocycles. The summed E-state index contributed by atoms with van der Waals surface area (Å²) in [6, 6.07) is 18.6. The van der Waals surface area contributed by atoms with Crippen LogP contribution in [0.4, 0.5) is 0 Å². The van der Waals surface area contributed by atoms with Gasteiger partial charge in [-0.25, -0.2) is 0 Å². The summed E-state index contributed by atoms with van der Waals surface area (Å²) in [6.45, 7) is 0. The summed E-state index contributed by atoms with van der Waals surface area (Å²) < 4.78 is 0. The first-order chi connectivity index (χ1) is 12.3. The Labute approximate surface area is 150 Å². The van der Waals surface area contributed by atoms with Crippen molar-refractivity contribution in [2.75, 3.05) is 0 Å². The Hall–Kier alpha value is -2.09. The molecule has 0 unspecified atom stereocenters. The topological polar surface area (TPSA) is 29.1 Å². The predicted octanol–water partition coefficient (Wildman–Crippen LogP) is 5.44. The Bertz CT molecular complexity index is 707. The smallest absolute Gasteiger partial charge is 0.251 e. The van der Waals surface area contributed by atoms with Crippen molar-refractivity contribution >= 4 is 5.91 Å². The molecule has 2 heteroatoms. The first kappa shape index (κ1) is 16.4. The Morgan fingerprint density at radius 2 is 1.44 bits per heavy atom. The molecule has 0 heterocycles. The van der Waals surface area contributed by atoms with Gasteiger partial charge < -0.3 is 5.32 Å². The summed E-state index contributed by atoms with van der Waals surface area (Å²) in [7, 11) is 0. The van der Waals surface area contributed by atoms with Crippen LogP contribution in [0, 0.1) is 11.8 Å². The second-order valence-electron chi connectivity index (χ2n) is 7.73. The molecule has 2 nitrogen and oxygen atoms in total. The molecule has 1 amide bonds. The van der Waals surface area contributed by atoms with Gasteiger partial charge in [0.2, 0.25) is 0 Å². The molecule has 2 aromatic carbocycles. The van der Waals surface area contributed by atoms with Gasteiger partial charge in [0, 0.05) is 11.6 Å². The van der Waals surface area contributed by atoms with E-state index in [2.05, 4.69) is 17.4 Å². The van der Waals surface area contributed by atoms with Crippen molar-refractivity contribution in [2.45, 2.75) is 51.0 Å². The van der Waals surface area contributed by atoms with E-state index in [9.17, 15) is 4.79 Å². The number of carbonyl (C=O) groups excluding carboxylic acids is 1. The van der Waals surface area contributed by atoms with E-state index in [1.807, 2.05) is 42.5 Å². The van der Waals surface area contributed by atoms with E-state index in [-0.39, 0.29) is 5.91 Å². The van der Waals surface area contributed by atoms with E-state index in [1.54, 1.807) is 0 Å². The zero-order chi connectivity index (χ0) is 17.1. The van der Waals surface area contributed by atoms with Gasteiger partial charge in [0.1, 0.15) is 0 Å². The third-order valence-corrected chi connectivity index (χ3v) is 6.13. The van der Waals surface area contributed by atoms with Crippen LogP contribution in [0.2, 0.25) is 0 Å². The normalized spacial score (nSPS) is 25.8. The van der Waals surface area contributed by atoms with Gasteiger partial charge in [-0.05, 0) is 54.4 Å². The van der Waals surface area contributed by atoms with E-state index < -0.39 is 0 Å². The van der Waals surface area contributed by atoms with Gasteiger partial charge in [0.15, 0.2) is 0 Å².